The predicted molar refractivity (Wildman–Crippen MR) is 71.7 cm³/mol. The second-order valence-electron chi connectivity index (χ2n) is 4.36. The Balaban J connectivity index is 2.94. The van der Waals surface area contributed by atoms with Crippen LogP contribution in [0.1, 0.15) is 24.2 Å². The second-order valence-corrected chi connectivity index (χ2v) is 5.21. The molecule has 1 atom stereocenters. The van der Waals surface area contributed by atoms with Gasteiger partial charge >= 0.3 is 0 Å². The Labute approximate surface area is 113 Å². The monoisotopic (exact) mass is 318 g/mol. The molecule has 0 fully saturated rings. The van der Waals surface area contributed by atoms with Crippen LogP contribution in [0.25, 0.3) is 0 Å². The molecule has 4 N–H and O–H groups in total. The number of carbonyl (C=O) groups is 1. The first-order valence-corrected chi connectivity index (χ1v) is 6.32. The summed E-state index contributed by atoms with van der Waals surface area (Å²) in [7, 11) is 0. The number of nitrogen functional groups attached to an aromatic ring is 1. The van der Waals surface area contributed by atoms with Gasteiger partial charge in [0.2, 0.25) is 0 Å². The van der Waals surface area contributed by atoms with Crippen molar-refractivity contribution in [2.45, 2.75) is 19.9 Å². The van der Waals surface area contributed by atoms with E-state index in [4.69, 9.17) is 10.8 Å². The van der Waals surface area contributed by atoms with Crippen LogP contribution in [0.5, 0.6) is 0 Å². The van der Waals surface area contributed by atoms with Crippen molar-refractivity contribution in [3.05, 3.63) is 28.0 Å². The lowest BCUT2D eigenvalue weighted by molar-refractivity contribution is 0.0897. The molecule has 0 aliphatic rings. The molecule has 0 spiro atoms. The minimum atomic E-state index is -0.556. The van der Waals surface area contributed by atoms with E-state index in [1.54, 1.807) is 0 Å². The first-order chi connectivity index (χ1) is 8.36. The number of nitrogens with one attached hydrogen (secondary N) is 1. The van der Waals surface area contributed by atoms with Crippen molar-refractivity contribution in [2.75, 3.05) is 12.3 Å². The predicted octanol–water partition coefficient (Wildman–Crippen LogP) is 1.92. The molecule has 1 amide bonds. The minimum absolute atomic E-state index is 0.0646. The van der Waals surface area contributed by atoms with Crippen molar-refractivity contribution in [1.82, 2.24) is 5.32 Å². The Morgan fingerprint density at radius 1 is 1.56 bits per heavy atom. The quantitative estimate of drug-likeness (QED) is 0.742. The van der Waals surface area contributed by atoms with Crippen LogP contribution in [0, 0.1) is 11.7 Å². The highest BCUT2D eigenvalue weighted by atomic mass is 79.9. The number of anilines is 1. The minimum Gasteiger partial charge on any atom is -0.398 e. The highest BCUT2D eigenvalue weighted by Crippen LogP contribution is 2.22. The van der Waals surface area contributed by atoms with E-state index < -0.39 is 11.7 Å². The van der Waals surface area contributed by atoms with Gasteiger partial charge in [-0.1, -0.05) is 13.8 Å². The molecule has 100 valence electrons. The number of nitrogens with two attached hydrogens (primary N) is 1. The first-order valence-electron chi connectivity index (χ1n) is 5.53. The average Bonchev–Trinajstić information content (AvgIpc) is 2.29. The molecule has 1 aromatic rings. The molecule has 0 saturated carbocycles. The molecule has 1 unspecified atom stereocenters. The maximum Gasteiger partial charge on any atom is 0.253 e. The summed E-state index contributed by atoms with van der Waals surface area (Å²) in [6.45, 7) is 3.56. The molecular formula is C12H16BrFN2O2. The molecule has 4 nitrogen and oxygen atoms in total. The molecular weight excluding hydrogens is 303 g/mol. The van der Waals surface area contributed by atoms with Crippen molar-refractivity contribution in [1.29, 1.82) is 0 Å². The van der Waals surface area contributed by atoms with Gasteiger partial charge in [0, 0.05) is 5.69 Å². The van der Waals surface area contributed by atoms with Gasteiger partial charge in [-0.05, 0) is 34.0 Å². The van der Waals surface area contributed by atoms with Crippen LogP contribution < -0.4 is 11.1 Å². The molecule has 0 aliphatic carbocycles. The topological polar surface area (TPSA) is 75.3 Å². The Morgan fingerprint density at radius 3 is 2.67 bits per heavy atom. The molecule has 0 aliphatic heterocycles. The lowest BCUT2D eigenvalue weighted by Gasteiger charge is -2.20. The summed E-state index contributed by atoms with van der Waals surface area (Å²) in [6, 6.07) is 2.03. The lowest BCUT2D eigenvalue weighted by Crippen LogP contribution is -2.41. The largest absolute Gasteiger partial charge is 0.398 e. The SMILES string of the molecule is CC(C)C(CO)NC(=O)c1cc(F)c(Br)cc1N. The molecule has 0 saturated heterocycles. The van der Waals surface area contributed by atoms with E-state index in [1.165, 1.54) is 6.07 Å². The molecule has 0 heterocycles. The number of amides is 1. The van der Waals surface area contributed by atoms with E-state index in [0.29, 0.717) is 0 Å². The smallest absolute Gasteiger partial charge is 0.253 e. The Morgan fingerprint density at radius 2 is 2.17 bits per heavy atom. The van der Waals surface area contributed by atoms with E-state index >= 15 is 0 Å². The van der Waals surface area contributed by atoms with Gasteiger partial charge in [-0.2, -0.15) is 0 Å². The maximum atomic E-state index is 13.4. The van der Waals surface area contributed by atoms with E-state index in [2.05, 4.69) is 21.2 Å². The van der Waals surface area contributed by atoms with E-state index in [1.807, 2.05) is 13.8 Å². The van der Waals surface area contributed by atoms with Crippen LogP contribution in [-0.2, 0) is 0 Å². The van der Waals surface area contributed by atoms with Gasteiger partial charge in [0.05, 0.1) is 22.7 Å². The summed E-state index contributed by atoms with van der Waals surface area (Å²) < 4.78 is 13.6. The highest BCUT2D eigenvalue weighted by molar-refractivity contribution is 9.10. The average molecular weight is 319 g/mol. The normalized spacial score (nSPS) is 12.6. The van der Waals surface area contributed by atoms with Crippen LogP contribution in [0.3, 0.4) is 0 Å². The second kappa shape index (κ2) is 6.15. The molecule has 18 heavy (non-hydrogen) atoms. The summed E-state index contributed by atoms with van der Waals surface area (Å²) in [6.07, 6.45) is 0. The van der Waals surface area contributed by atoms with Gasteiger partial charge < -0.3 is 16.2 Å². The number of halogens is 2. The fourth-order valence-electron chi connectivity index (χ4n) is 1.43. The highest BCUT2D eigenvalue weighted by Gasteiger charge is 2.19. The van der Waals surface area contributed by atoms with Crippen molar-refractivity contribution < 1.29 is 14.3 Å². The molecule has 1 aromatic carbocycles. The van der Waals surface area contributed by atoms with Crippen molar-refractivity contribution in [2.24, 2.45) is 5.92 Å². The summed E-state index contributed by atoms with van der Waals surface area (Å²) in [5.41, 5.74) is 5.91. The van der Waals surface area contributed by atoms with Crippen molar-refractivity contribution >= 4 is 27.5 Å². The fraction of sp³-hybridized carbons (Fsp3) is 0.417. The number of hydrogen-bond acceptors (Lipinski definition) is 3. The standard InChI is InChI=1S/C12H16BrFN2O2/c1-6(2)11(5-17)16-12(18)7-3-9(14)8(13)4-10(7)15/h3-4,6,11,17H,5,15H2,1-2H3,(H,16,18). The number of carbonyl (C=O) groups excluding carboxylic acids is 1. The van der Waals surface area contributed by atoms with Gasteiger partial charge in [0.15, 0.2) is 0 Å². The summed E-state index contributed by atoms with van der Waals surface area (Å²) in [5, 5.41) is 11.8. The maximum absolute atomic E-state index is 13.4. The number of aliphatic hydroxyl groups excluding tert-OH is 1. The lowest BCUT2D eigenvalue weighted by atomic mass is 10.0. The Hall–Kier alpha value is -1.14. The number of rotatable bonds is 4. The molecule has 6 heteroatoms. The van der Waals surface area contributed by atoms with Gasteiger partial charge in [-0.15, -0.1) is 0 Å². The first kappa shape index (κ1) is 14.9. The van der Waals surface area contributed by atoms with Crippen LogP contribution in [0.4, 0.5) is 10.1 Å². The molecule has 0 radical (unpaired) electrons. The summed E-state index contributed by atoms with van der Waals surface area (Å²) in [4.78, 5) is 11.9. The van der Waals surface area contributed by atoms with Crippen LogP contribution in [0.15, 0.2) is 16.6 Å². The van der Waals surface area contributed by atoms with Gasteiger partial charge in [0.25, 0.3) is 5.91 Å². The van der Waals surface area contributed by atoms with Crippen LogP contribution in [0.2, 0.25) is 0 Å². The number of hydrogen-bond donors (Lipinski definition) is 3. The van der Waals surface area contributed by atoms with E-state index in [-0.39, 0.29) is 34.3 Å². The molecule has 0 bridgehead atoms. The van der Waals surface area contributed by atoms with Crippen LogP contribution >= 0.6 is 15.9 Å². The molecule has 1 rings (SSSR count). The zero-order valence-corrected chi connectivity index (χ0v) is 11.8. The fourth-order valence-corrected chi connectivity index (χ4v) is 1.79. The van der Waals surface area contributed by atoms with Crippen LogP contribution in [-0.4, -0.2) is 23.7 Å². The Bertz CT molecular complexity index is 452. The zero-order chi connectivity index (χ0) is 13.9. The van der Waals surface area contributed by atoms with Crippen molar-refractivity contribution in [3.8, 4) is 0 Å². The summed E-state index contributed by atoms with van der Waals surface area (Å²) >= 11 is 2.99. The third-order valence-corrected chi connectivity index (χ3v) is 3.26. The van der Waals surface area contributed by atoms with Gasteiger partial charge in [0.1, 0.15) is 5.82 Å². The third-order valence-electron chi connectivity index (χ3n) is 2.65. The van der Waals surface area contributed by atoms with Crippen molar-refractivity contribution in [3.63, 3.8) is 0 Å². The van der Waals surface area contributed by atoms with Gasteiger partial charge in [-0.3, -0.25) is 4.79 Å². The van der Waals surface area contributed by atoms with Gasteiger partial charge in [-0.25, -0.2) is 4.39 Å². The zero-order valence-electron chi connectivity index (χ0n) is 10.2. The summed E-state index contributed by atoms with van der Waals surface area (Å²) in [5.74, 6) is -0.980. The third kappa shape index (κ3) is 3.43. The Kier molecular flexibility index (Phi) is 5.10. The van der Waals surface area contributed by atoms with E-state index in [9.17, 15) is 9.18 Å². The van der Waals surface area contributed by atoms with E-state index in [0.717, 1.165) is 6.07 Å². The number of benzene rings is 1. The molecule has 0 aromatic heterocycles. The number of aliphatic hydroxyl groups is 1.